The number of carbonyl (C=O) groups excluding carboxylic acids is 1. The highest BCUT2D eigenvalue weighted by Gasteiger charge is 2.33. The Morgan fingerprint density at radius 2 is 2.00 bits per heavy atom. The Morgan fingerprint density at radius 1 is 1.17 bits per heavy atom. The van der Waals surface area contributed by atoms with Crippen LogP contribution >= 0.6 is 0 Å². The highest BCUT2D eigenvalue weighted by molar-refractivity contribution is 5.95. The van der Waals surface area contributed by atoms with Gasteiger partial charge in [0.2, 0.25) is 0 Å². The van der Waals surface area contributed by atoms with Crippen LogP contribution in [0.5, 0.6) is 0 Å². The molecule has 23 heavy (non-hydrogen) atoms. The van der Waals surface area contributed by atoms with E-state index in [1.54, 1.807) is 23.1 Å². The highest BCUT2D eigenvalue weighted by Crippen LogP contribution is 2.30. The van der Waals surface area contributed by atoms with Gasteiger partial charge in [0, 0.05) is 24.3 Å². The van der Waals surface area contributed by atoms with Crippen molar-refractivity contribution in [2.24, 2.45) is 0 Å². The van der Waals surface area contributed by atoms with E-state index in [-0.39, 0.29) is 17.5 Å². The zero-order valence-corrected chi connectivity index (χ0v) is 12.6. The molecule has 116 valence electrons. The quantitative estimate of drug-likeness (QED) is 0.773. The van der Waals surface area contributed by atoms with Crippen LogP contribution in [0, 0.1) is 5.82 Å². The normalized spacial score (nSPS) is 14.1. The smallest absolute Gasteiger partial charge is 0.257 e. The predicted molar refractivity (Wildman–Crippen MR) is 87.6 cm³/mol. The van der Waals surface area contributed by atoms with Gasteiger partial charge in [0.15, 0.2) is 0 Å². The summed E-state index contributed by atoms with van der Waals surface area (Å²) in [5.74, 6) is -0.677. The van der Waals surface area contributed by atoms with Crippen LogP contribution in [0.15, 0.2) is 54.7 Å². The highest BCUT2D eigenvalue weighted by atomic mass is 19.1. The van der Waals surface area contributed by atoms with Crippen LogP contribution in [0.3, 0.4) is 0 Å². The molecule has 2 aromatic carbocycles. The largest absolute Gasteiger partial charge is 0.361 e. The Bertz CT molecular complexity index is 866. The van der Waals surface area contributed by atoms with Gasteiger partial charge in [-0.2, -0.15) is 0 Å². The maximum atomic E-state index is 13.9. The van der Waals surface area contributed by atoms with Crippen LogP contribution in [0.1, 0.15) is 28.8 Å². The molecule has 1 fully saturated rings. The molecular weight excluding hydrogens is 291 g/mol. The minimum absolute atomic E-state index is 0.155. The lowest BCUT2D eigenvalue weighted by Crippen LogP contribution is -2.33. The fraction of sp³-hybridized carbons (Fsp3) is 0.211. The van der Waals surface area contributed by atoms with Gasteiger partial charge >= 0.3 is 0 Å². The van der Waals surface area contributed by atoms with Gasteiger partial charge in [-0.1, -0.05) is 18.2 Å². The summed E-state index contributed by atoms with van der Waals surface area (Å²) in [5.41, 5.74) is 2.29. The Balaban J connectivity index is 1.63. The molecule has 0 atom stereocenters. The van der Waals surface area contributed by atoms with Gasteiger partial charge in [-0.25, -0.2) is 4.39 Å². The van der Waals surface area contributed by atoms with Gasteiger partial charge < -0.3 is 9.88 Å². The maximum absolute atomic E-state index is 13.9. The van der Waals surface area contributed by atoms with Gasteiger partial charge in [0.1, 0.15) is 5.82 Å². The molecule has 3 aromatic rings. The maximum Gasteiger partial charge on any atom is 0.257 e. The Hall–Kier alpha value is -2.62. The van der Waals surface area contributed by atoms with E-state index >= 15 is 0 Å². The molecular formula is C19H17FN2O. The van der Waals surface area contributed by atoms with E-state index in [1.165, 1.54) is 6.07 Å². The van der Waals surface area contributed by atoms with E-state index in [0.717, 1.165) is 29.3 Å². The first kappa shape index (κ1) is 14.0. The van der Waals surface area contributed by atoms with Gasteiger partial charge in [0.05, 0.1) is 5.56 Å². The molecule has 1 saturated carbocycles. The van der Waals surface area contributed by atoms with Crippen LogP contribution < -0.4 is 0 Å². The number of hydrogen-bond donors (Lipinski definition) is 1. The first-order chi connectivity index (χ1) is 11.2. The van der Waals surface area contributed by atoms with Crippen molar-refractivity contribution in [2.75, 3.05) is 0 Å². The van der Waals surface area contributed by atoms with E-state index < -0.39 is 5.82 Å². The fourth-order valence-electron chi connectivity index (χ4n) is 2.94. The first-order valence-electron chi connectivity index (χ1n) is 7.84. The number of fused-ring (bicyclic) bond motifs is 1. The molecule has 0 spiro atoms. The number of carbonyl (C=O) groups is 1. The lowest BCUT2D eigenvalue weighted by atomic mass is 10.1. The number of benzene rings is 2. The van der Waals surface area contributed by atoms with Crippen molar-refractivity contribution in [1.29, 1.82) is 0 Å². The van der Waals surface area contributed by atoms with Gasteiger partial charge in [0.25, 0.3) is 5.91 Å². The fourth-order valence-corrected chi connectivity index (χ4v) is 2.94. The second-order valence-corrected chi connectivity index (χ2v) is 6.04. The van der Waals surface area contributed by atoms with E-state index in [9.17, 15) is 9.18 Å². The van der Waals surface area contributed by atoms with Gasteiger partial charge in [-0.3, -0.25) is 4.79 Å². The molecule has 4 heteroatoms. The zero-order chi connectivity index (χ0) is 15.8. The Labute approximate surface area is 133 Å². The molecule has 0 saturated heterocycles. The molecule has 0 aliphatic heterocycles. The second-order valence-electron chi connectivity index (χ2n) is 6.04. The average molecular weight is 308 g/mol. The molecule has 4 rings (SSSR count). The lowest BCUT2D eigenvalue weighted by Gasteiger charge is -2.23. The van der Waals surface area contributed by atoms with Crippen molar-refractivity contribution in [3.63, 3.8) is 0 Å². The number of amides is 1. The third-order valence-electron chi connectivity index (χ3n) is 4.32. The first-order valence-corrected chi connectivity index (χ1v) is 7.84. The molecule has 0 radical (unpaired) electrons. The van der Waals surface area contributed by atoms with Crippen LogP contribution in [-0.4, -0.2) is 21.8 Å². The summed E-state index contributed by atoms with van der Waals surface area (Å²) in [6.07, 6.45) is 3.89. The Kier molecular flexibility index (Phi) is 3.37. The van der Waals surface area contributed by atoms with Crippen LogP contribution in [0.25, 0.3) is 10.9 Å². The predicted octanol–water partition coefficient (Wildman–Crippen LogP) is 4.11. The summed E-state index contributed by atoms with van der Waals surface area (Å²) in [6, 6.07) is 14.6. The minimum Gasteiger partial charge on any atom is -0.361 e. The van der Waals surface area contributed by atoms with E-state index in [1.807, 2.05) is 24.4 Å². The molecule has 0 unspecified atom stereocenters. The number of aromatic amines is 1. The number of nitrogens with zero attached hydrogens (tertiary/aromatic N) is 1. The number of H-pyrrole nitrogens is 1. The molecule has 1 heterocycles. The lowest BCUT2D eigenvalue weighted by molar-refractivity contribution is 0.0725. The van der Waals surface area contributed by atoms with Gasteiger partial charge in [-0.15, -0.1) is 0 Å². The standard InChI is InChI=1S/C19H17FN2O/c20-17-4-2-1-3-16(17)19(23)22(15-6-7-15)12-13-5-8-18-14(11-13)9-10-21-18/h1-5,8-11,15,21H,6-7,12H2. The molecule has 3 nitrogen and oxygen atoms in total. The van der Waals surface area contributed by atoms with E-state index in [4.69, 9.17) is 0 Å². The molecule has 1 aliphatic rings. The zero-order valence-electron chi connectivity index (χ0n) is 12.6. The summed E-state index contributed by atoms with van der Waals surface area (Å²) in [4.78, 5) is 17.7. The number of halogens is 1. The number of rotatable bonds is 4. The molecule has 1 amide bonds. The van der Waals surface area contributed by atoms with Crippen molar-refractivity contribution < 1.29 is 9.18 Å². The van der Waals surface area contributed by atoms with Crippen molar-refractivity contribution in [1.82, 2.24) is 9.88 Å². The number of hydrogen-bond acceptors (Lipinski definition) is 1. The van der Waals surface area contributed by atoms with Crippen molar-refractivity contribution in [2.45, 2.75) is 25.4 Å². The van der Waals surface area contributed by atoms with Crippen LogP contribution in [0.4, 0.5) is 4.39 Å². The van der Waals surface area contributed by atoms with Crippen LogP contribution in [0.2, 0.25) is 0 Å². The molecule has 0 bridgehead atoms. The monoisotopic (exact) mass is 308 g/mol. The third-order valence-corrected chi connectivity index (χ3v) is 4.32. The van der Waals surface area contributed by atoms with Crippen molar-refractivity contribution in [3.05, 3.63) is 71.7 Å². The summed E-state index contributed by atoms with van der Waals surface area (Å²) in [7, 11) is 0. The molecule has 1 N–H and O–H groups in total. The van der Waals surface area contributed by atoms with Crippen molar-refractivity contribution in [3.8, 4) is 0 Å². The number of aromatic nitrogens is 1. The van der Waals surface area contributed by atoms with Crippen molar-refractivity contribution >= 4 is 16.8 Å². The molecule has 1 aliphatic carbocycles. The van der Waals surface area contributed by atoms with E-state index in [0.29, 0.717) is 6.54 Å². The second kappa shape index (κ2) is 5.54. The Morgan fingerprint density at radius 3 is 2.78 bits per heavy atom. The van der Waals surface area contributed by atoms with Crippen LogP contribution in [-0.2, 0) is 6.54 Å². The number of nitrogens with one attached hydrogen (secondary N) is 1. The SMILES string of the molecule is O=C(c1ccccc1F)N(Cc1ccc2[nH]ccc2c1)C1CC1. The summed E-state index contributed by atoms with van der Waals surface area (Å²) in [6.45, 7) is 0.513. The average Bonchev–Trinajstić information content (AvgIpc) is 3.29. The minimum atomic E-state index is -0.454. The molecule has 1 aromatic heterocycles. The summed E-state index contributed by atoms with van der Waals surface area (Å²) >= 11 is 0. The summed E-state index contributed by atoms with van der Waals surface area (Å²) < 4.78 is 13.9. The topological polar surface area (TPSA) is 36.1 Å². The van der Waals surface area contributed by atoms with E-state index in [2.05, 4.69) is 11.1 Å². The van der Waals surface area contributed by atoms with Gasteiger partial charge in [-0.05, 0) is 54.1 Å². The third kappa shape index (κ3) is 2.72. The summed E-state index contributed by atoms with van der Waals surface area (Å²) in [5, 5.41) is 1.12.